The Labute approximate surface area is 173 Å². The number of rotatable bonds is 6. The third kappa shape index (κ3) is 5.44. The minimum Gasteiger partial charge on any atom is -0.480 e. The maximum atomic E-state index is 12.6. The number of amides is 2. The molecule has 30 heavy (non-hydrogen) atoms. The van der Waals surface area contributed by atoms with Crippen molar-refractivity contribution in [2.45, 2.75) is 38.6 Å². The first kappa shape index (κ1) is 21.0. The number of carbonyl (C=O) groups excluding carboxylic acids is 3. The number of anilines is 1. The van der Waals surface area contributed by atoms with E-state index >= 15 is 0 Å². The lowest BCUT2D eigenvalue weighted by molar-refractivity contribution is -0.139. The van der Waals surface area contributed by atoms with Crippen LogP contribution in [0.4, 0.5) is 5.69 Å². The van der Waals surface area contributed by atoms with E-state index in [0.717, 1.165) is 5.56 Å². The van der Waals surface area contributed by atoms with Crippen molar-refractivity contribution < 1.29 is 29.0 Å². The van der Waals surface area contributed by atoms with E-state index in [1.54, 1.807) is 42.5 Å². The van der Waals surface area contributed by atoms with Crippen molar-refractivity contribution in [2.75, 3.05) is 5.32 Å². The van der Waals surface area contributed by atoms with E-state index < -0.39 is 23.9 Å². The van der Waals surface area contributed by atoms with Crippen molar-refractivity contribution in [1.29, 1.82) is 0 Å². The fourth-order valence-electron chi connectivity index (χ4n) is 3.25. The lowest BCUT2D eigenvalue weighted by Gasteiger charge is -2.16. The molecule has 2 amide bonds. The Morgan fingerprint density at radius 1 is 1.13 bits per heavy atom. The summed E-state index contributed by atoms with van der Waals surface area (Å²) in [5.74, 6) is -1.80. The van der Waals surface area contributed by atoms with Gasteiger partial charge < -0.3 is 20.5 Å². The average molecular weight is 410 g/mol. The summed E-state index contributed by atoms with van der Waals surface area (Å²) in [5.41, 5.74) is 2.53. The summed E-state index contributed by atoms with van der Waals surface area (Å²) in [6.45, 7) is 1.29. The summed E-state index contributed by atoms with van der Waals surface area (Å²) >= 11 is 0. The molecule has 2 aromatic carbocycles. The molecule has 156 valence electrons. The highest BCUT2D eigenvalue weighted by Crippen LogP contribution is 2.23. The first-order valence-corrected chi connectivity index (χ1v) is 9.55. The van der Waals surface area contributed by atoms with Crippen LogP contribution in [0.3, 0.4) is 0 Å². The van der Waals surface area contributed by atoms with Crippen molar-refractivity contribution >= 4 is 29.4 Å². The zero-order valence-electron chi connectivity index (χ0n) is 16.4. The van der Waals surface area contributed by atoms with Gasteiger partial charge >= 0.3 is 11.9 Å². The minimum atomic E-state index is -1.16. The van der Waals surface area contributed by atoms with Crippen molar-refractivity contribution in [3.63, 3.8) is 0 Å². The van der Waals surface area contributed by atoms with Gasteiger partial charge in [-0.15, -0.1) is 0 Å². The van der Waals surface area contributed by atoms with E-state index in [1.807, 2.05) is 0 Å². The Balaban J connectivity index is 1.70. The van der Waals surface area contributed by atoms with Gasteiger partial charge in [-0.2, -0.15) is 0 Å². The number of carboxylic acids is 1. The van der Waals surface area contributed by atoms with E-state index in [1.165, 1.54) is 6.92 Å². The average Bonchev–Trinajstić information content (AvgIpc) is 2.88. The first-order chi connectivity index (χ1) is 14.3. The highest BCUT2D eigenvalue weighted by molar-refractivity contribution is 5.98. The SMILES string of the molecule is CC(=O)Oc1ccc(CC(NC(=O)c2ccc3c(c2)CCCC(=O)N3)C(=O)O)cc1. The van der Waals surface area contributed by atoms with Crippen LogP contribution in [0, 0.1) is 0 Å². The van der Waals surface area contributed by atoms with E-state index in [-0.39, 0.29) is 12.3 Å². The fraction of sp³-hybridized carbons (Fsp3) is 0.273. The van der Waals surface area contributed by atoms with Crippen LogP contribution in [0.2, 0.25) is 0 Å². The van der Waals surface area contributed by atoms with Crippen molar-refractivity contribution in [1.82, 2.24) is 5.32 Å². The first-order valence-electron chi connectivity index (χ1n) is 9.55. The third-order valence-electron chi connectivity index (χ3n) is 4.72. The molecule has 8 nitrogen and oxygen atoms in total. The molecular weight excluding hydrogens is 388 g/mol. The molecule has 0 bridgehead atoms. The number of carboxylic acid groups (broad SMARTS) is 1. The molecule has 0 fully saturated rings. The number of hydrogen-bond donors (Lipinski definition) is 3. The van der Waals surface area contributed by atoms with Crippen LogP contribution in [0.25, 0.3) is 0 Å². The van der Waals surface area contributed by atoms with Crippen LogP contribution in [0.15, 0.2) is 42.5 Å². The van der Waals surface area contributed by atoms with E-state index in [9.17, 15) is 24.3 Å². The van der Waals surface area contributed by atoms with Gasteiger partial charge in [-0.3, -0.25) is 14.4 Å². The van der Waals surface area contributed by atoms with Crippen LogP contribution < -0.4 is 15.4 Å². The summed E-state index contributed by atoms with van der Waals surface area (Å²) in [7, 11) is 0. The molecular formula is C22H22N2O6. The van der Waals surface area contributed by atoms with Gasteiger partial charge in [-0.25, -0.2) is 4.79 Å². The van der Waals surface area contributed by atoms with E-state index in [4.69, 9.17) is 4.74 Å². The largest absolute Gasteiger partial charge is 0.480 e. The molecule has 1 atom stereocenters. The Kier molecular flexibility index (Phi) is 6.46. The Morgan fingerprint density at radius 2 is 1.87 bits per heavy atom. The van der Waals surface area contributed by atoms with Crippen molar-refractivity contribution in [3.8, 4) is 5.75 Å². The van der Waals surface area contributed by atoms with Gasteiger partial charge in [-0.1, -0.05) is 12.1 Å². The molecule has 0 saturated carbocycles. The summed E-state index contributed by atoms with van der Waals surface area (Å²) < 4.78 is 4.95. The molecule has 1 aliphatic heterocycles. The Morgan fingerprint density at radius 3 is 2.53 bits per heavy atom. The lowest BCUT2D eigenvalue weighted by atomic mass is 10.0. The maximum Gasteiger partial charge on any atom is 0.326 e. The number of nitrogens with one attached hydrogen (secondary N) is 2. The molecule has 0 spiro atoms. The van der Waals surface area contributed by atoms with E-state index in [0.29, 0.717) is 41.8 Å². The monoisotopic (exact) mass is 410 g/mol. The maximum absolute atomic E-state index is 12.6. The molecule has 3 rings (SSSR count). The number of aliphatic carboxylic acids is 1. The second-order valence-electron chi connectivity index (χ2n) is 7.08. The molecule has 0 saturated heterocycles. The van der Waals surface area contributed by atoms with Gasteiger partial charge in [0.15, 0.2) is 0 Å². The summed E-state index contributed by atoms with van der Waals surface area (Å²) in [5, 5.41) is 14.9. The molecule has 0 aliphatic carbocycles. The second-order valence-corrected chi connectivity index (χ2v) is 7.08. The van der Waals surface area contributed by atoms with Gasteiger partial charge in [0.25, 0.3) is 5.91 Å². The van der Waals surface area contributed by atoms with Crippen LogP contribution in [-0.2, 0) is 27.2 Å². The minimum absolute atomic E-state index is 0.0587. The van der Waals surface area contributed by atoms with Crippen molar-refractivity contribution in [2.24, 2.45) is 0 Å². The fourth-order valence-corrected chi connectivity index (χ4v) is 3.25. The smallest absolute Gasteiger partial charge is 0.326 e. The standard InChI is InChI=1S/C22H22N2O6/c1-13(25)30-17-8-5-14(6-9-17)11-19(22(28)29)24-21(27)16-7-10-18-15(12-16)3-2-4-20(26)23-18/h5-10,12,19H,2-4,11H2,1H3,(H,23,26)(H,24,27)(H,28,29). The van der Waals surface area contributed by atoms with Crippen LogP contribution >= 0.6 is 0 Å². The van der Waals surface area contributed by atoms with Crippen molar-refractivity contribution in [3.05, 3.63) is 59.2 Å². The number of ether oxygens (including phenoxy) is 1. The third-order valence-corrected chi connectivity index (χ3v) is 4.72. The predicted molar refractivity (Wildman–Crippen MR) is 108 cm³/mol. The number of aryl methyl sites for hydroxylation is 1. The molecule has 8 heteroatoms. The molecule has 1 aliphatic rings. The molecule has 1 heterocycles. The molecule has 1 unspecified atom stereocenters. The Hall–Kier alpha value is -3.68. The summed E-state index contributed by atoms with van der Waals surface area (Å²) in [6, 6.07) is 10.2. The summed E-state index contributed by atoms with van der Waals surface area (Å²) in [4.78, 5) is 46.9. The number of hydrogen-bond acceptors (Lipinski definition) is 5. The number of esters is 1. The quantitative estimate of drug-likeness (QED) is 0.496. The van der Waals surface area contributed by atoms with Crippen LogP contribution in [-0.4, -0.2) is 34.9 Å². The van der Waals surface area contributed by atoms with Gasteiger partial charge in [0.1, 0.15) is 11.8 Å². The summed E-state index contributed by atoms with van der Waals surface area (Å²) in [6.07, 6.45) is 1.84. The zero-order chi connectivity index (χ0) is 21.7. The second kappa shape index (κ2) is 9.21. The Bertz CT molecular complexity index is 984. The molecule has 0 aromatic heterocycles. The normalized spacial score (nSPS) is 14.0. The van der Waals surface area contributed by atoms with E-state index in [2.05, 4.69) is 10.6 Å². The highest BCUT2D eigenvalue weighted by atomic mass is 16.5. The molecule has 2 aromatic rings. The van der Waals surface area contributed by atoms with Crippen LogP contribution in [0.1, 0.15) is 41.3 Å². The van der Waals surface area contributed by atoms with Gasteiger partial charge in [0, 0.05) is 31.0 Å². The molecule has 3 N–H and O–H groups in total. The predicted octanol–water partition coefficient (Wildman–Crippen LogP) is 2.31. The molecule has 0 radical (unpaired) electrons. The van der Waals surface area contributed by atoms with Crippen LogP contribution in [0.5, 0.6) is 5.75 Å². The number of fused-ring (bicyclic) bond motifs is 1. The number of benzene rings is 2. The van der Waals surface area contributed by atoms with Gasteiger partial charge in [0.2, 0.25) is 5.91 Å². The van der Waals surface area contributed by atoms with Gasteiger partial charge in [-0.05, 0) is 54.3 Å². The van der Waals surface area contributed by atoms with Gasteiger partial charge in [0.05, 0.1) is 0 Å². The lowest BCUT2D eigenvalue weighted by Crippen LogP contribution is -2.42. The zero-order valence-corrected chi connectivity index (χ0v) is 16.4. The highest BCUT2D eigenvalue weighted by Gasteiger charge is 2.22. The topological polar surface area (TPSA) is 122 Å². The number of carbonyl (C=O) groups is 4.